The number of hydrogen-bond donors (Lipinski definition) is 2. The summed E-state index contributed by atoms with van der Waals surface area (Å²) in [7, 11) is 1.59. The molecule has 1 amide bonds. The molecule has 0 radical (unpaired) electrons. The van der Waals surface area contributed by atoms with Gasteiger partial charge < -0.3 is 15.8 Å². The molecule has 0 fully saturated rings. The maximum Gasteiger partial charge on any atom is 0.241 e. The molecule has 0 bridgehead atoms. The van der Waals surface area contributed by atoms with Crippen LogP contribution in [0.15, 0.2) is 24.3 Å². The van der Waals surface area contributed by atoms with Crippen molar-refractivity contribution in [2.24, 2.45) is 11.7 Å². The third kappa shape index (κ3) is 3.75. The van der Waals surface area contributed by atoms with E-state index in [1.54, 1.807) is 13.2 Å². The first-order valence-corrected chi connectivity index (χ1v) is 5.79. The maximum absolute atomic E-state index is 11.8. The van der Waals surface area contributed by atoms with Gasteiger partial charge in [-0.15, -0.1) is 0 Å². The van der Waals surface area contributed by atoms with Gasteiger partial charge in [0.2, 0.25) is 5.91 Å². The van der Waals surface area contributed by atoms with Crippen LogP contribution in [0.3, 0.4) is 0 Å². The van der Waals surface area contributed by atoms with E-state index in [2.05, 4.69) is 5.32 Å². The first-order valence-electron chi connectivity index (χ1n) is 5.79. The molecule has 1 aromatic rings. The number of ether oxygens (including phenoxy) is 1. The van der Waals surface area contributed by atoms with Gasteiger partial charge in [0.05, 0.1) is 13.2 Å². The van der Waals surface area contributed by atoms with E-state index in [0.717, 1.165) is 6.42 Å². The summed E-state index contributed by atoms with van der Waals surface area (Å²) in [5, 5.41) is 2.79. The van der Waals surface area contributed by atoms with Crippen LogP contribution >= 0.6 is 0 Å². The van der Waals surface area contributed by atoms with Crippen molar-refractivity contribution in [3.05, 3.63) is 24.3 Å². The fourth-order valence-electron chi connectivity index (χ4n) is 1.44. The highest BCUT2D eigenvalue weighted by Crippen LogP contribution is 2.17. The van der Waals surface area contributed by atoms with Crippen LogP contribution in [0.2, 0.25) is 0 Å². The summed E-state index contributed by atoms with van der Waals surface area (Å²) < 4.78 is 5.08. The number of carbonyl (C=O) groups is 1. The van der Waals surface area contributed by atoms with E-state index >= 15 is 0 Å². The van der Waals surface area contributed by atoms with Crippen molar-refractivity contribution in [1.82, 2.24) is 0 Å². The highest BCUT2D eigenvalue weighted by atomic mass is 16.5. The van der Waals surface area contributed by atoms with Gasteiger partial charge in [0.1, 0.15) is 5.75 Å². The SMILES string of the molecule is CCC(C)C(N)C(=O)Nc1cccc(OC)c1. The third-order valence-electron chi connectivity index (χ3n) is 2.90. The van der Waals surface area contributed by atoms with Crippen LogP contribution in [-0.4, -0.2) is 19.1 Å². The zero-order chi connectivity index (χ0) is 12.8. The number of amides is 1. The van der Waals surface area contributed by atoms with Crippen LogP contribution in [0, 0.1) is 5.92 Å². The van der Waals surface area contributed by atoms with Crippen molar-refractivity contribution in [1.29, 1.82) is 0 Å². The predicted molar refractivity (Wildman–Crippen MR) is 69.1 cm³/mol. The number of anilines is 1. The topological polar surface area (TPSA) is 64.4 Å². The number of methoxy groups -OCH3 is 1. The van der Waals surface area contributed by atoms with Crippen molar-refractivity contribution in [2.75, 3.05) is 12.4 Å². The summed E-state index contributed by atoms with van der Waals surface area (Å²) in [5.41, 5.74) is 6.55. The van der Waals surface area contributed by atoms with Crippen molar-refractivity contribution >= 4 is 11.6 Å². The molecule has 2 atom stereocenters. The lowest BCUT2D eigenvalue weighted by molar-refractivity contribution is -0.118. The quantitative estimate of drug-likeness (QED) is 0.822. The molecule has 1 aromatic carbocycles. The summed E-state index contributed by atoms with van der Waals surface area (Å²) >= 11 is 0. The highest BCUT2D eigenvalue weighted by Gasteiger charge is 2.19. The summed E-state index contributed by atoms with van der Waals surface area (Å²) in [6.45, 7) is 3.99. The van der Waals surface area contributed by atoms with Crippen LogP contribution < -0.4 is 15.8 Å². The Kier molecular flexibility index (Phi) is 4.97. The predicted octanol–water partition coefficient (Wildman–Crippen LogP) is 2.01. The number of nitrogens with two attached hydrogens (primary N) is 1. The van der Waals surface area contributed by atoms with E-state index in [1.165, 1.54) is 0 Å². The molecular weight excluding hydrogens is 216 g/mol. The molecule has 0 saturated carbocycles. The molecule has 0 aliphatic heterocycles. The molecule has 3 N–H and O–H groups in total. The highest BCUT2D eigenvalue weighted by molar-refractivity contribution is 5.95. The average molecular weight is 236 g/mol. The van der Waals surface area contributed by atoms with Gasteiger partial charge in [-0.25, -0.2) is 0 Å². The Bertz CT molecular complexity index is 379. The lowest BCUT2D eigenvalue weighted by atomic mass is 9.99. The van der Waals surface area contributed by atoms with Gasteiger partial charge in [-0.1, -0.05) is 26.3 Å². The maximum atomic E-state index is 11.8. The average Bonchev–Trinajstić information content (AvgIpc) is 2.37. The molecule has 0 heterocycles. The fraction of sp³-hybridized carbons (Fsp3) is 0.462. The zero-order valence-electron chi connectivity index (χ0n) is 10.6. The largest absolute Gasteiger partial charge is 0.497 e. The molecule has 1 rings (SSSR count). The second-order valence-corrected chi connectivity index (χ2v) is 4.13. The minimum atomic E-state index is -0.480. The molecular formula is C13H20N2O2. The third-order valence-corrected chi connectivity index (χ3v) is 2.90. The molecule has 0 aliphatic carbocycles. The Morgan fingerprint density at radius 1 is 1.53 bits per heavy atom. The van der Waals surface area contributed by atoms with Crippen molar-refractivity contribution in [3.63, 3.8) is 0 Å². The minimum Gasteiger partial charge on any atom is -0.497 e. The first kappa shape index (κ1) is 13.5. The minimum absolute atomic E-state index is 0.160. The van der Waals surface area contributed by atoms with E-state index in [4.69, 9.17) is 10.5 Å². The molecule has 0 saturated heterocycles. The summed E-state index contributed by atoms with van der Waals surface area (Å²) in [4.78, 5) is 11.8. The van der Waals surface area contributed by atoms with Gasteiger partial charge in [-0.3, -0.25) is 4.79 Å². The lowest BCUT2D eigenvalue weighted by Gasteiger charge is -2.17. The Balaban J connectivity index is 2.67. The van der Waals surface area contributed by atoms with Crippen molar-refractivity contribution in [2.45, 2.75) is 26.3 Å². The number of nitrogens with one attached hydrogen (secondary N) is 1. The monoisotopic (exact) mass is 236 g/mol. The van der Waals surface area contributed by atoms with Crippen LogP contribution in [0.25, 0.3) is 0 Å². The molecule has 0 aliphatic rings. The number of carbonyl (C=O) groups excluding carboxylic acids is 1. The van der Waals surface area contributed by atoms with Gasteiger partial charge in [0.25, 0.3) is 0 Å². The van der Waals surface area contributed by atoms with Crippen molar-refractivity contribution < 1.29 is 9.53 Å². The molecule has 4 nitrogen and oxygen atoms in total. The van der Waals surface area contributed by atoms with Crippen LogP contribution in [0.4, 0.5) is 5.69 Å². The Hall–Kier alpha value is -1.55. The van der Waals surface area contributed by atoms with Gasteiger partial charge in [0.15, 0.2) is 0 Å². The van der Waals surface area contributed by atoms with E-state index in [1.807, 2.05) is 32.0 Å². The second-order valence-electron chi connectivity index (χ2n) is 4.13. The Labute approximate surface area is 102 Å². The standard InChI is InChI=1S/C13H20N2O2/c1-4-9(2)12(14)13(16)15-10-6-5-7-11(8-10)17-3/h5-9,12H,4,14H2,1-3H3,(H,15,16). The molecule has 17 heavy (non-hydrogen) atoms. The smallest absolute Gasteiger partial charge is 0.241 e. The first-order chi connectivity index (χ1) is 8.08. The molecule has 4 heteroatoms. The number of hydrogen-bond acceptors (Lipinski definition) is 3. The van der Waals surface area contributed by atoms with E-state index in [0.29, 0.717) is 11.4 Å². The van der Waals surface area contributed by atoms with E-state index in [-0.39, 0.29) is 11.8 Å². The van der Waals surface area contributed by atoms with Gasteiger partial charge in [-0.2, -0.15) is 0 Å². The Morgan fingerprint density at radius 3 is 2.82 bits per heavy atom. The van der Waals surface area contributed by atoms with Gasteiger partial charge in [0, 0.05) is 11.8 Å². The Morgan fingerprint density at radius 2 is 2.24 bits per heavy atom. The molecule has 94 valence electrons. The van der Waals surface area contributed by atoms with Crippen LogP contribution in [-0.2, 0) is 4.79 Å². The zero-order valence-corrected chi connectivity index (χ0v) is 10.6. The molecule has 0 spiro atoms. The summed E-state index contributed by atoms with van der Waals surface area (Å²) in [6.07, 6.45) is 0.882. The van der Waals surface area contributed by atoms with Crippen LogP contribution in [0.1, 0.15) is 20.3 Å². The molecule has 0 aromatic heterocycles. The van der Waals surface area contributed by atoms with Gasteiger partial charge >= 0.3 is 0 Å². The normalized spacial score (nSPS) is 13.9. The van der Waals surface area contributed by atoms with E-state index < -0.39 is 6.04 Å². The fourth-order valence-corrected chi connectivity index (χ4v) is 1.44. The van der Waals surface area contributed by atoms with Crippen LogP contribution in [0.5, 0.6) is 5.75 Å². The number of benzene rings is 1. The molecule has 2 unspecified atom stereocenters. The summed E-state index contributed by atoms with van der Waals surface area (Å²) in [6, 6.07) is 6.74. The summed E-state index contributed by atoms with van der Waals surface area (Å²) in [5.74, 6) is 0.716. The van der Waals surface area contributed by atoms with Gasteiger partial charge in [-0.05, 0) is 18.1 Å². The second kappa shape index (κ2) is 6.25. The lowest BCUT2D eigenvalue weighted by Crippen LogP contribution is -2.40. The van der Waals surface area contributed by atoms with E-state index in [9.17, 15) is 4.79 Å². The number of rotatable bonds is 5. The van der Waals surface area contributed by atoms with Crippen molar-refractivity contribution in [3.8, 4) is 5.75 Å².